The fourth-order valence-electron chi connectivity index (χ4n) is 3.51. The summed E-state index contributed by atoms with van der Waals surface area (Å²) in [5, 5.41) is 42.9. The number of anilines is 1. The SMILES string of the molecule is N#Cc1[nH]nc2ncccc12.N#Cc1cn(-c2cccc(Br)c2)c2ncccc12.ON(O)c1cccc(Br)c1. The van der Waals surface area contributed by atoms with Gasteiger partial charge < -0.3 is 0 Å². The highest BCUT2D eigenvalue weighted by molar-refractivity contribution is 9.10. The van der Waals surface area contributed by atoms with E-state index in [0.29, 0.717) is 22.6 Å². The van der Waals surface area contributed by atoms with E-state index in [4.69, 9.17) is 20.9 Å². The lowest BCUT2D eigenvalue weighted by molar-refractivity contribution is 0.0291. The third-order valence-corrected chi connectivity index (χ3v) is 6.24. The predicted molar refractivity (Wildman–Crippen MR) is 152 cm³/mol. The van der Waals surface area contributed by atoms with Gasteiger partial charge in [0.2, 0.25) is 0 Å². The molecule has 3 N–H and O–H groups in total. The molecule has 6 aromatic rings. The summed E-state index contributed by atoms with van der Waals surface area (Å²) in [5.41, 5.74) is 3.80. The van der Waals surface area contributed by atoms with Gasteiger partial charge in [-0.15, -0.1) is 5.23 Å². The average Bonchev–Trinajstić information content (AvgIpc) is 3.55. The van der Waals surface area contributed by atoms with E-state index in [1.54, 1.807) is 42.7 Å². The lowest BCUT2D eigenvalue weighted by atomic mass is 10.2. The number of halogens is 2. The molecule has 2 aromatic carbocycles. The highest BCUT2D eigenvalue weighted by atomic mass is 79.9. The van der Waals surface area contributed by atoms with Crippen LogP contribution in [0, 0.1) is 22.7 Å². The van der Waals surface area contributed by atoms with Crippen molar-refractivity contribution in [1.82, 2.24) is 24.7 Å². The van der Waals surface area contributed by atoms with Gasteiger partial charge in [0.05, 0.1) is 16.6 Å². The van der Waals surface area contributed by atoms with Crippen LogP contribution in [0.25, 0.3) is 27.8 Å². The first-order valence-corrected chi connectivity index (χ1v) is 12.7. The van der Waals surface area contributed by atoms with Gasteiger partial charge in [-0.3, -0.25) is 20.1 Å². The fourth-order valence-corrected chi connectivity index (χ4v) is 4.28. The molecule has 12 heteroatoms. The standard InChI is InChI=1S/C14H8BrN3.C7H4N4.C6H6BrNO2/c15-11-3-1-4-12(7-11)18-9-10(8-16)13-5-2-6-17-14(13)18;8-4-6-5-2-1-3-9-7(5)11-10-6;7-5-2-1-3-6(4-5)8(9)10/h1-7,9H;1-3H,(H,9,10,11);1-4,9-10H. The van der Waals surface area contributed by atoms with Gasteiger partial charge in [0, 0.05) is 38.6 Å². The van der Waals surface area contributed by atoms with Crippen LogP contribution in [0.3, 0.4) is 0 Å². The number of nitrogens with one attached hydrogen (secondary N) is 1. The van der Waals surface area contributed by atoms with Crippen molar-refractivity contribution in [3.8, 4) is 17.8 Å². The van der Waals surface area contributed by atoms with Gasteiger partial charge in [-0.05, 0) is 60.7 Å². The van der Waals surface area contributed by atoms with Crippen molar-refractivity contribution in [3.63, 3.8) is 0 Å². The number of hydrogen-bond acceptors (Lipinski definition) is 8. The topological polar surface area (TPSA) is 151 Å². The molecule has 0 aliphatic rings. The van der Waals surface area contributed by atoms with E-state index in [1.807, 2.05) is 59.3 Å². The molecule has 0 fully saturated rings. The van der Waals surface area contributed by atoms with E-state index in [1.165, 1.54) is 0 Å². The number of fused-ring (bicyclic) bond motifs is 2. The molecule has 0 bridgehead atoms. The Hall–Kier alpha value is -4.59. The monoisotopic (exact) mass is 644 g/mol. The molecule has 0 aliphatic heterocycles. The molecule has 0 saturated carbocycles. The quantitative estimate of drug-likeness (QED) is 0.180. The van der Waals surface area contributed by atoms with Crippen LogP contribution in [-0.4, -0.2) is 35.1 Å². The van der Waals surface area contributed by atoms with Crippen molar-refractivity contribution in [2.75, 3.05) is 5.23 Å². The van der Waals surface area contributed by atoms with Gasteiger partial charge in [0.1, 0.15) is 23.5 Å². The molecule has 10 nitrogen and oxygen atoms in total. The number of pyridine rings is 2. The van der Waals surface area contributed by atoms with Crippen LogP contribution in [0.15, 0.2) is 100 Å². The van der Waals surface area contributed by atoms with Crippen molar-refractivity contribution in [1.29, 1.82) is 10.5 Å². The molecule has 39 heavy (non-hydrogen) atoms. The normalized spacial score (nSPS) is 10.0. The van der Waals surface area contributed by atoms with Crippen LogP contribution in [-0.2, 0) is 0 Å². The molecule has 6 rings (SSSR count). The van der Waals surface area contributed by atoms with E-state index >= 15 is 0 Å². The van der Waals surface area contributed by atoms with Crippen molar-refractivity contribution in [2.24, 2.45) is 0 Å². The van der Waals surface area contributed by atoms with Gasteiger partial charge >= 0.3 is 0 Å². The smallest absolute Gasteiger partial charge is 0.182 e. The Morgan fingerprint density at radius 2 is 1.51 bits per heavy atom. The third kappa shape index (κ3) is 6.65. The summed E-state index contributed by atoms with van der Waals surface area (Å²) >= 11 is 6.63. The van der Waals surface area contributed by atoms with E-state index < -0.39 is 0 Å². The van der Waals surface area contributed by atoms with E-state index in [0.717, 1.165) is 31.1 Å². The number of nitrogens with zero attached hydrogens (tertiary/aromatic N) is 7. The Morgan fingerprint density at radius 1 is 0.821 bits per heavy atom. The molecule has 0 aliphatic carbocycles. The number of rotatable bonds is 2. The van der Waals surface area contributed by atoms with Crippen LogP contribution >= 0.6 is 31.9 Å². The minimum atomic E-state index is 0.0742. The molecular formula is C27H18Br2N8O2. The number of H-pyrrole nitrogens is 1. The largest absolute Gasteiger partial charge is 0.300 e. The second-order valence-electron chi connectivity index (χ2n) is 7.73. The van der Waals surface area contributed by atoms with E-state index in [2.05, 4.69) is 58.1 Å². The summed E-state index contributed by atoms with van der Waals surface area (Å²) in [6, 6.07) is 26.1. The molecule has 4 heterocycles. The summed E-state index contributed by atoms with van der Waals surface area (Å²) in [6.45, 7) is 0. The number of aromatic nitrogens is 5. The van der Waals surface area contributed by atoms with Gasteiger partial charge in [-0.1, -0.05) is 44.0 Å². The Balaban J connectivity index is 0.000000145. The zero-order valence-corrected chi connectivity index (χ0v) is 23.1. The predicted octanol–water partition coefficient (Wildman–Crippen LogP) is 6.52. The summed E-state index contributed by atoms with van der Waals surface area (Å²) < 4.78 is 3.73. The second-order valence-corrected chi connectivity index (χ2v) is 9.56. The van der Waals surface area contributed by atoms with Crippen LogP contribution in [0.4, 0.5) is 5.69 Å². The Bertz CT molecular complexity index is 1820. The van der Waals surface area contributed by atoms with Crippen LogP contribution in [0.2, 0.25) is 0 Å². The summed E-state index contributed by atoms with van der Waals surface area (Å²) in [7, 11) is 0. The molecule has 0 amide bonds. The van der Waals surface area contributed by atoms with Crippen molar-refractivity contribution in [3.05, 3.63) is 112 Å². The first-order valence-electron chi connectivity index (χ1n) is 11.2. The van der Waals surface area contributed by atoms with Gasteiger partial charge in [0.15, 0.2) is 5.65 Å². The molecule has 0 saturated heterocycles. The van der Waals surface area contributed by atoms with E-state index in [-0.39, 0.29) is 5.23 Å². The number of benzene rings is 2. The van der Waals surface area contributed by atoms with Gasteiger partial charge in [0.25, 0.3) is 0 Å². The Labute approximate surface area is 239 Å². The summed E-state index contributed by atoms with van der Waals surface area (Å²) in [4.78, 5) is 8.31. The Kier molecular flexibility index (Phi) is 8.99. The zero-order chi connectivity index (χ0) is 27.8. The highest BCUT2D eigenvalue weighted by Crippen LogP contribution is 2.24. The molecule has 0 atom stereocenters. The Morgan fingerprint density at radius 3 is 2.15 bits per heavy atom. The number of aromatic amines is 1. The molecule has 4 aromatic heterocycles. The van der Waals surface area contributed by atoms with Crippen LogP contribution in [0.1, 0.15) is 11.3 Å². The number of nitriles is 2. The molecular weight excluding hydrogens is 628 g/mol. The van der Waals surface area contributed by atoms with E-state index in [9.17, 15) is 0 Å². The van der Waals surface area contributed by atoms with Crippen molar-refractivity contribution < 1.29 is 10.4 Å². The minimum Gasteiger partial charge on any atom is -0.300 e. The van der Waals surface area contributed by atoms with Crippen molar-refractivity contribution in [2.45, 2.75) is 0 Å². The lowest BCUT2D eigenvalue weighted by Crippen LogP contribution is -2.10. The fraction of sp³-hybridized carbons (Fsp3) is 0. The first kappa shape index (κ1) is 27.4. The van der Waals surface area contributed by atoms with Gasteiger partial charge in [-0.2, -0.15) is 15.6 Å². The van der Waals surface area contributed by atoms with Crippen molar-refractivity contribution >= 4 is 59.6 Å². The number of hydrogen-bond donors (Lipinski definition) is 3. The third-order valence-electron chi connectivity index (χ3n) is 5.25. The first-order chi connectivity index (χ1) is 18.9. The molecule has 0 unspecified atom stereocenters. The summed E-state index contributed by atoms with van der Waals surface area (Å²) in [5.74, 6) is 0. The average molecular weight is 646 g/mol. The van der Waals surface area contributed by atoms with Crippen LogP contribution < -0.4 is 5.23 Å². The maximum Gasteiger partial charge on any atom is 0.182 e. The highest BCUT2D eigenvalue weighted by Gasteiger charge is 2.10. The molecule has 0 spiro atoms. The second kappa shape index (κ2) is 12.8. The lowest BCUT2D eigenvalue weighted by Gasteiger charge is -2.06. The molecule has 0 radical (unpaired) electrons. The van der Waals surface area contributed by atoms with Gasteiger partial charge in [-0.25, -0.2) is 9.97 Å². The zero-order valence-electron chi connectivity index (χ0n) is 19.9. The maximum absolute atomic E-state index is 9.15. The maximum atomic E-state index is 9.15. The summed E-state index contributed by atoms with van der Waals surface area (Å²) in [6.07, 6.45) is 5.20. The molecule has 192 valence electrons. The minimum absolute atomic E-state index is 0.0742. The van der Waals surface area contributed by atoms with Crippen LogP contribution in [0.5, 0.6) is 0 Å².